The van der Waals surface area contributed by atoms with Crippen LogP contribution in [0.1, 0.15) is 9.67 Å². The van der Waals surface area contributed by atoms with Gasteiger partial charge >= 0.3 is 0 Å². The maximum atomic E-state index is 10.7. The monoisotopic (exact) mass is 222 g/mol. The molecular formula is C11H7ClOS. The number of carbonyl (C=O) groups is 1. The molecule has 0 spiro atoms. The Kier molecular flexibility index (Phi) is 2.66. The molecule has 0 aliphatic carbocycles. The molecule has 0 saturated carbocycles. The van der Waals surface area contributed by atoms with E-state index in [9.17, 15) is 4.79 Å². The number of rotatable bonds is 2. The molecule has 0 aliphatic heterocycles. The van der Waals surface area contributed by atoms with Gasteiger partial charge in [-0.05, 0) is 29.1 Å². The summed E-state index contributed by atoms with van der Waals surface area (Å²) >= 11 is 7.31. The third-order valence-corrected chi connectivity index (χ3v) is 3.02. The van der Waals surface area contributed by atoms with Gasteiger partial charge in [0.15, 0.2) is 6.29 Å². The van der Waals surface area contributed by atoms with Crippen LogP contribution in [0.3, 0.4) is 0 Å². The van der Waals surface area contributed by atoms with Crippen molar-refractivity contribution in [2.75, 3.05) is 0 Å². The molecule has 0 unspecified atom stereocenters. The van der Waals surface area contributed by atoms with Gasteiger partial charge in [0.1, 0.15) is 0 Å². The molecule has 0 saturated heterocycles. The summed E-state index contributed by atoms with van der Waals surface area (Å²) in [5.74, 6) is 0. The van der Waals surface area contributed by atoms with Gasteiger partial charge in [-0.2, -0.15) is 0 Å². The lowest BCUT2D eigenvalue weighted by Crippen LogP contribution is -1.79. The van der Waals surface area contributed by atoms with Crippen LogP contribution in [-0.2, 0) is 0 Å². The molecule has 0 amide bonds. The fourth-order valence-corrected chi connectivity index (χ4v) is 2.22. The van der Waals surface area contributed by atoms with E-state index in [1.165, 1.54) is 11.3 Å². The van der Waals surface area contributed by atoms with E-state index in [1.807, 2.05) is 35.7 Å². The van der Waals surface area contributed by atoms with Gasteiger partial charge in [-0.3, -0.25) is 4.79 Å². The first-order valence-corrected chi connectivity index (χ1v) is 5.35. The summed E-state index contributed by atoms with van der Waals surface area (Å²) in [6, 6.07) is 9.43. The van der Waals surface area contributed by atoms with Crippen molar-refractivity contribution in [2.45, 2.75) is 0 Å². The van der Waals surface area contributed by atoms with Crippen molar-refractivity contribution in [3.8, 4) is 11.1 Å². The second-order valence-electron chi connectivity index (χ2n) is 2.83. The summed E-state index contributed by atoms with van der Waals surface area (Å²) in [4.78, 5) is 11.5. The molecule has 1 aromatic carbocycles. The molecule has 0 atom stereocenters. The minimum absolute atomic E-state index is 0.686. The largest absolute Gasteiger partial charge is 0.297 e. The highest BCUT2D eigenvalue weighted by Gasteiger charge is 2.05. The number of aldehydes is 1. The minimum Gasteiger partial charge on any atom is -0.297 e. The van der Waals surface area contributed by atoms with Crippen molar-refractivity contribution in [1.29, 1.82) is 0 Å². The summed E-state index contributed by atoms with van der Waals surface area (Å²) in [6.07, 6.45) is 0.876. The van der Waals surface area contributed by atoms with E-state index in [-0.39, 0.29) is 0 Å². The lowest BCUT2D eigenvalue weighted by Gasteiger charge is -1.99. The fourth-order valence-electron chi connectivity index (χ4n) is 1.31. The molecule has 1 heterocycles. The fraction of sp³-hybridized carbons (Fsp3) is 0. The molecule has 2 rings (SSSR count). The molecule has 1 nitrogen and oxygen atoms in total. The van der Waals surface area contributed by atoms with Crippen LogP contribution in [0.4, 0.5) is 0 Å². The number of hydrogen-bond acceptors (Lipinski definition) is 2. The van der Waals surface area contributed by atoms with Gasteiger partial charge in [0.25, 0.3) is 0 Å². The zero-order valence-electron chi connectivity index (χ0n) is 7.24. The third-order valence-electron chi connectivity index (χ3n) is 1.94. The second-order valence-corrected chi connectivity index (χ2v) is 4.21. The first-order chi connectivity index (χ1) is 6.81. The topological polar surface area (TPSA) is 17.1 Å². The van der Waals surface area contributed by atoms with Gasteiger partial charge in [0.05, 0.1) is 4.88 Å². The maximum absolute atomic E-state index is 10.7. The summed E-state index contributed by atoms with van der Waals surface area (Å²) in [7, 11) is 0. The first-order valence-electron chi connectivity index (χ1n) is 4.10. The molecule has 3 heteroatoms. The number of thiophene rings is 1. The molecule has 0 aliphatic rings. The Hall–Kier alpha value is -1.12. The lowest BCUT2D eigenvalue weighted by atomic mass is 10.1. The Labute approximate surface area is 91.0 Å². The van der Waals surface area contributed by atoms with E-state index in [0.29, 0.717) is 5.02 Å². The van der Waals surface area contributed by atoms with Crippen LogP contribution in [0.2, 0.25) is 5.02 Å². The molecule has 0 radical (unpaired) electrons. The Balaban J connectivity index is 2.54. The van der Waals surface area contributed by atoms with Gasteiger partial charge in [-0.1, -0.05) is 23.7 Å². The van der Waals surface area contributed by atoms with Crippen LogP contribution >= 0.6 is 22.9 Å². The average Bonchev–Trinajstić information content (AvgIpc) is 2.65. The third kappa shape index (κ3) is 1.72. The number of hydrogen-bond donors (Lipinski definition) is 0. The number of carbonyl (C=O) groups excluding carboxylic acids is 1. The molecular weight excluding hydrogens is 216 g/mol. The Bertz CT molecular complexity index is 462. The summed E-state index contributed by atoms with van der Waals surface area (Å²) in [6.45, 7) is 0. The lowest BCUT2D eigenvalue weighted by molar-refractivity contribution is 0.112. The second kappa shape index (κ2) is 3.95. The normalized spacial score (nSPS) is 10.1. The Morgan fingerprint density at radius 1 is 1.29 bits per heavy atom. The quantitative estimate of drug-likeness (QED) is 0.705. The van der Waals surface area contributed by atoms with Crippen molar-refractivity contribution in [2.24, 2.45) is 0 Å². The SMILES string of the molecule is O=Cc1sccc1-c1cccc(Cl)c1. The molecule has 70 valence electrons. The molecule has 0 N–H and O–H groups in total. The van der Waals surface area contributed by atoms with E-state index in [1.54, 1.807) is 0 Å². The molecule has 14 heavy (non-hydrogen) atoms. The zero-order valence-corrected chi connectivity index (χ0v) is 8.81. The van der Waals surface area contributed by atoms with E-state index in [0.717, 1.165) is 22.3 Å². The summed E-state index contributed by atoms with van der Waals surface area (Å²) in [5.41, 5.74) is 1.94. The van der Waals surface area contributed by atoms with Gasteiger partial charge in [0, 0.05) is 10.6 Å². The van der Waals surface area contributed by atoms with Crippen LogP contribution < -0.4 is 0 Å². The Morgan fingerprint density at radius 3 is 2.86 bits per heavy atom. The average molecular weight is 223 g/mol. The minimum atomic E-state index is 0.686. The molecule has 0 fully saturated rings. The van der Waals surface area contributed by atoms with Crippen LogP contribution in [0.5, 0.6) is 0 Å². The van der Waals surface area contributed by atoms with Crippen molar-refractivity contribution in [3.05, 3.63) is 45.6 Å². The van der Waals surface area contributed by atoms with E-state index in [2.05, 4.69) is 0 Å². The smallest absolute Gasteiger partial charge is 0.160 e. The van der Waals surface area contributed by atoms with Crippen molar-refractivity contribution in [1.82, 2.24) is 0 Å². The molecule has 0 bridgehead atoms. The van der Waals surface area contributed by atoms with Crippen molar-refractivity contribution in [3.63, 3.8) is 0 Å². The predicted molar refractivity (Wildman–Crippen MR) is 60.2 cm³/mol. The highest BCUT2D eigenvalue weighted by molar-refractivity contribution is 7.12. The van der Waals surface area contributed by atoms with Crippen LogP contribution in [-0.4, -0.2) is 6.29 Å². The van der Waals surface area contributed by atoms with Gasteiger partial charge in [0.2, 0.25) is 0 Å². The van der Waals surface area contributed by atoms with Gasteiger partial charge in [-0.25, -0.2) is 0 Å². The van der Waals surface area contributed by atoms with E-state index < -0.39 is 0 Å². The highest BCUT2D eigenvalue weighted by atomic mass is 35.5. The highest BCUT2D eigenvalue weighted by Crippen LogP contribution is 2.28. The van der Waals surface area contributed by atoms with Crippen LogP contribution in [0.25, 0.3) is 11.1 Å². The summed E-state index contributed by atoms with van der Waals surface area (Å²) < 4.78 is 0. The zero-order chi connectivity index (χ0) is 9.97. The number of benzene rings is 1. The predicted octanol–water partition coefficient (Wildman–Crippen LogP) is 3.88. The van der Waals surface area contributed by atoms with Gasteiger partial charge < -0.3 is 0 Å². The van der Waals surface area contributed by atoms with Gasteiger partial charge in [-0.15, -0.1) is 11.3 Å². The van der Waals surface area contributed by atoms with E-state index >= 15 is 0 Å². The van der Waals surface area contributed by atoms with Crippen molar-refractivity contribution < 1.29 is 4.79 Å². The van der Waals surface area contributed by atoms with Crippen LogP contribution in [0.15, 0.2) is 35.7 Å². The number of halogens is 1. The molecule has 1 aromatic heterocycles. The van der Waals surface area contributed by atoms with E-state index in [4.69, 9.17) is 11.6 Å². The standard InChI is InChI=1S/C11H7ClOS/c12-9-3-1-2-8(6-9)10-4-5-14-11(10)7-13/h1-7H. The van der Waals surface area contributed by atoms with Crippen molar-refractivity contribution >= 4 is 29.2 Å². The molecule has 2 aromatic rings. The Morgan fingerprint density at radius 2 is 2.14 bits per heavy atom. The van der Waals surface area contributed by atoms with Crippen LogP contribution in [0, 0.1) is 0 Å². The maximum Gasteiger partial charge on any atom is 0.160 e. The first kappa shape index (κ1) is 9.44. The summed E-state index contributed by atoms with van der Waals surface area (Å²) in [5, 5.41) is 2.59.